The quantitative estimate of drug-likeness (QED) is 0.881. The summed E-state index contributed by atoms with van der Waals surface area (Å²) in [6.07, 6.45) is 2.53. The average molecular weight is 312 g/mol. The van der Waals surface area contributed by atoms with Crippen molar-refractivity contribution < 1.29 is 14.3 Å². The molecule has 0 bridgehead atoms. The molecule has 1 saturated heterocycles. The Morgan fingerprint density at radius 1 is 1.35 bits per heavy atom. The number of H-pyrrole nitrogens is 1. The maximum Gasteiger partial charge on any atom is 0.354 e. The minimum Gasteiger partial charge on any atom is -0.461 e. The summed E-state index contributed by atoms with van der Waals surface area (Å²) in [5.41, 5.74) is 2.89. The second-order valence-corrected chi connectivity index (χ2v) is 5.65. The van der Waals surface area contributed by atoms with Crippen LogP contribution in [0.1, 0.15) is 42.2 Å². The van der Waals surface area contributed by atoms with Crippen molar-refractivity contribution in [3.63, 3.8) is 0 Å². The Bertz CT molecular complexity index is 776. The van der Waals surface area contributed by atoms with Crippen LogP contribution in [0, 0.1) is 0 Å². The lowest BCUT2D eigenvalue weighted by Gasteiger charge is -2.28. The van der Waals surface area contributed by atoms with Gasteiger partial charge in [0.2, 0.25) is 5.91 Å². The first-order valence-corrected chi connectivity index (χ1v) is 7.89. The second kappa shape index (κ2) is 6.28. The highest BCUT2D eigenvalue weighted by atomic mass is 16.5. The highest BCUT2D eigenvalue weighted by Crippen LogP contribution is 2.26. The van der Waals surface area contributed by atoms with Crippen LogP contribution in [-0.4, -0.2) is 34.9 Å². The van der Waals surface area contributed by atoms with E-state index >= 15 is 0 Å². The summed E-state index contributed by atoms with van der Waals surface area (Å²) in [7, 11) is 0. The molecule has 0 saturated carbocycles. The van der Waals surface area contributed by atoms with Gasteiger partial charge in [-0.15, -0.1) is 0 Å². The monoisotopic (exact) mass is 312 g/mol. The molecule has 1 aromatic carbocycles. The number of fused-ring (bicyclic) bond motifs is 1. The van der Waals surface area contributed by atoms with Crippen molar-refractivity contribution in [3.05, 3.63) is 42.1 Å². The normalized spacial score (nSPS) is 15.0. The van der Waals surface area contributed by atoms with E-state index in [0.717, 1.165) is 41.5 Å². The molecule has 1 aromatic heterocycles. The van der Waals surface area contributed by atoms with Crippen LogP contribution >= 0.6 is 0 Å². The van der Waals surface area contributed by atoms with E-state index in [0.29, 0.717) is 18.7 Å². The molecule has 0 atom stereocenters. The maximum absolute atomic E-state index is 12.0. The Morgan fingerprint density at radius 3 is 2.91 bits per heavy atom. The maximum atomic E-state index is 12.0. The van der Waals surface area contributed by atoms with E-state index < -0.39 is 0 Å². The fourth-order valence-corrected chi connectivity index (χ4v) is 2.88. The average Bonchev–Trinajstić information content (AvgIpc) is 2.98. The highest BCUT2D eigenvalue weighted by molar-refractivity contribution is 5.96. The van der Waals surface area contributed by atoms with Gasteiger partial charge in [-0.1, -0.05) is 12.6 Å². The molecule has 0 spiro atoms. The molecule has 1 aliphatic rings. The zero-order chi connectivity index (χ0) is 16.4. The molecule has 0 unspecified atom stereocenters. The lowest BCUT2D eigenvalue weighted by atomic mass is 10.1. The molecule has 120 valence electrons. The van der Waals surface area contributed by atoms with Gasteiger partial charge in [0.1, 0.15) is 5.69 Å². The minimum atomic E-state index is -0.365. The first-order valence-electron chi connectivity index (χ1n) is 7.89. The predicted molar refractivity (Wildman–Crippen MR) is 88.9 cm³/mol. The first kappa shape index (κ1) is 15.3. The summed E-state index contributed by atoms with van der Waals surface area (Å²) in [6, 6.07) is 7.52. The fourth-order valence-electron chi connectivity index (χ4n) is 2.88. The van der Waals surface area contributed by atoms with Crippen LogP contribution < -0.4 is 0 Å². The van der Waals surface area contributed by atoms with E-state index in [1.807, 2.05) is 18.2 Å². The van der Waals surface area contributed by atoms with Gasteiger partial charge < -0.3 is 14.6 Å². The Balaban J connectivity index is 1.88. The summed E-state index contributed by atoms with van der Waals surface area (Å²) in [5, 5.41) is 0.899. The number of aromatic nitrogens is 1. The number of rotatable bonds is 4. The summed E-state index contributed by atoms with van der Waals surface area (Å²) in [4.78, 5) is 28.6. The summed E-state index contributed by atoms with van der Waals surface area (Å²) in [6.45, 7) is 6.92. The molecule has 0 aliphatic carbocycles. The van der Waals surface area contributed by atoms with Gasteiger partial charge in [0.25, 0.3) is 0 Å². The number of benzene rings is 1. The van der Waals surface area contributed by atoms with Crippen LogP contribution in [0.5, 0.6) is 0 Å². The lowest BCUT2D eigenvalue weighted by molar-refractivity contribution is -0.129. The van der Waals surface area contributed by atoms with E-state index in [9.17, 15) is 9.59 Å². The van der Waals surface area contributed by atoms with E-state index in [4.69, 9.17) is 4.74 Å². The number of carbonyl (C=O) groups excluding carboxylic acids is 2. The molecule has 1 N–H and O–H groups in total. The predicted octanol–water partition coefficient (Wildman–Crippen LogP) is 3.33. The van der Waals surface area contributed by atoms with Crippen LogP contribution in [-0.2, 0) is 9.53 Å². The summed E-state index contributed by atoms with van der Waals surface area (Å²) < 4.78 is 5.00. The van der Waals surface area contributed by atoms with Gasteiger partial charge >= 0.3 is 5.97 Å². The van der Waals surface area contributed by atoms with Crippen molar-refractivity contribution in [2.45, 2.75) is 26.2 Å². The van der Waals surface area contributed by atoms with Gasteiger partial charge in [0.15, 0.2) is 0 Å². The molecule has 5 nitrogen and oxygen atoms in total. The number of piperidine rings is 1. The summed E-state index contributed by atoms with van der Waals surface area (Å²) >= 11 is 0. The van der Waals surface area contributed by atoms with Crippen molar-refractivity contribution in [2.24, 2.45) is 0 Å². The smallest absolute Gasteiger partial charge is 0.354 e. The van der Waals surface area contributed by atoms with Gasteiger partial charge in [-0.3, -0.25) is 4.79 Å². The van der Waals surface area contributed by atoms with Gasteiger partial charge in [-0.2, -0.15) is 0 Å². The molecule has 23 heavy (non-hydrogen) atoms. The third kappa shape index (κ3) is 2.99. The first-order chi connectivity index (χ1) is 11.1. The number of carbonyl (C=O) groups is 2. The minimum absolute atomic E-state index is 0.127. The molecule has 1 amide bonds. The highest BCUT2D eigenvalue weighted by Gasteiger charge is 2.21. The third-order valence-electron chi connectivity index (χ3n) is 4.10. The SMILES string of the molecule is C=C(c1ccc2[nH]c(C(=O)OCC)cc2c1)N1CCCCC1=O. The van der Waals surface area contributed by atoms with Gasteiger partial charge in [0, 0.05) is 29.6 Å². The largest absolute Gasteiger partial charge is 0.461 e. The van der Waals surface area contributed by atoms with E-state index in [2.05, 4.69) is 11.6 Å². The number of hydrogen-bond acceptors (Lipinski definition) is 3. The Hall–Kier alpha value is -2.56. The molecule has 1 aliphatic heterocycles. The number of esters is 1. The Kier molecular flexibility index (Phi) is 4.19. The number of ether oxygens (including phenoxy) is 1. The number of hydrogen-bond donors (Lipinski definition) is 1. The molecular formula is C18H20N2O3. The van der Waals surface area contributed by atoms with Crippen molar-refractivity contribution in [1.82, 2.24) is 9.88 Å². The number of nitrogens with one attached hydrogen (secondary N) is 1. The number of aromatic amines is 1. The fraction of sp³-hybridized carbons (Fsp3) is 0.333. The van der Waals surface area contributed by atoms with E-state index in [-0.39, 0.29) is 11.9 Å². The van der Waals surface area contributed by atoms with E-state index in [1.165, 1.54) is 0 Å². The van der Waals surface area contributed by atoms with Crippen LogP contribution in [0.25, 0.3) is 16.6 Å². The Labute approximate surface area is 134 Å². The molecule has 3 rings (SSSR count). The zero-order valence-corrected chi connectivity index (χ0v) is 13.2. The Morgan fingerprint density at radius 2 is 2.17 bits per heavy atom. The van der Waals surface area contributed by atoms with Crippen LogP contribution in [0.2, 0.25) is 0 Å². The van der Waals surface area contributed by atoms with Crippen molar-refractivity contribution in [3.8, 4) is 0 Å². The second-order valence-electron chi connectivity index (χ2n) is 5.65. The van der Waals surface area contributed by atoms with E-state index in [1.54, 1.807) is 17.9 Å². The number of nitrogens with zero attached hydrogens (tertiary/aromatic N) is 1. The van der Waals surface area contributed by atoms with Gasteiger partial charge in [-0.25, -0.2) is 4.79 Å². The van der Waals surface area contributed by atoms with Crippen LogP contribution in [0.15, 0.2) is 30.8 Å². The molecule has 0 radical (unpaired) electrons. The molecule has 1 fully saturated rings. The third-order valence-corrected chi connectivity index (χ3v) is 4.10. The van der Waals surface area contributed by atoms with Gasteiger partial charge in [0.05, 0.1) is 6.61 Å². The summed E-state index contributed by atoms with van der Waals surface area (Å²) in [5.74, 6) is -0.238. The molecule has 2 aromatic rings. The molecule has 5 heteroatoms. The van der Waals surface area contributed by atoms with Crippen molar-refractivity contribution in [2.75, 3.05) is 13.2 Å². The molecule has 2 heterocycles. The van der Waals surface area contributed by atoms with Crippen LogP contribution in [0.3, 0.4) is 0 Å². The molecular weight excluding hydrogens is 292 g/mol. The lowest BCUT2D eigenvalue weighted by Crippen LogP contribution is -2.33. The topological polar surface area (TPSA) is 62.4 Å². The van der Waals surface area contributed by atoms with Crippen LogP contribution in [0.4, 0.5) is 0 Å². The van der Waals surface area contributed by atoms with Crippen molar-refractivity contribution >= 4 is 28.5 Å². The number of likely N-dealkylation sites (tertiary alicyclic amines) is 1. The zero-order valence-electron chi connectivity index (χ0n) is 13.2. The number of amides is 1. The van der Waals surface area contributed by atoms with Gasteiger partial charge in [-0.05, 0) is 43.5 Å². The standard InChI is InChI=1S/C18H20N2O3/c1-3-23-18(22)16-11-14-10-13(7-8-15(14)19-16)12(2)20-9-5-4-6-17(20)21/h7-8,10-11,19H,2-6,9H2,1H3. The van der Waals surface area contributed by atoms with Crippen molar-refractivity contribution in [1.29, 1.82) is 0 Å².